The topological polar surface area (TPSA) is 41.6 Å². The van der Waals surface area contributed by atoms with Gasteiger partial charge in [-0.25, -0.2) is 0 Å². The average molecular weight is 477 g/mol. The Morgan fingerprint density at radius 2 is 1.75 bits per heavy atom. The summed E-state index contributed by atoms with van der Waals surface area (Å²) >= 11 is 14.2. The van der Waals surface area contributed by atoms with Gasteiger partial charge in [-0.05, 0) is 59.0 Å². The van der Waals surface area contributed by atoms with Gasteiger partial charge in [0.1, 0.15) is 0 Å². The van der Waals surface area contributed by atoms with E-state index in [2.05, 4.69) is 32.8 Å². The van der Waals surface area contributed by atoms with E-state index >= 15 is 0 Å². The predicted molar refractivity (Wildman–Crippen MR) is 107 cm³/mol. The molecule has 1 fully saturated rings. The van der Waals surface area contributed by atoms with Gasteiger partial charge >= 0.3 is 0 Å². The molecule has 24 heavy (non-hydrogen) atoms. The lowest BCUT2D eigenvalue weighted by Gasteiger charge is -2.30. The molecule has 2 aromatic carbocycles. The Hall–Kier alpha value is -1.02. The van der Waals surface area contributed by atoms with Crippen LogP contribution in [0.3, 0.4) is 0 Å². The zero-order valence-electron chi connectivity index (χ0n) is 12.7. The van der Waals surface area contributed by atoms with Gasteiger partial charge in [0.05, 0.1) is 30.2 Å². The molecule has 0 saturated carbocycles. The number of hydrogen-bond donors (Lipinski definition) is 1. The minimum Gasteiger partial charge on any atom is -0.378 e. The molecule has 2 aromatic rings. The van der Waals surface area contributed by atoms with Crippen LogP contribution >= 0.6 is 45.8 Å². The number of hydrogen-bond acceptors (Lipinski definition) is 3. The van der Waals surface area contributed by atoms with Gasteiger partial charge in [-0.2, -0.15) is 0 Å². The van der Waals surface area contributed by atoms with E-state index in [4.69, 9.17) is 27.9 Å². The van der Waals surface area contributed by atoms with Crippen LogP contribution in [-0.2, 0) is 4.74 Å². The molecule has 1 heterocycles. The van der Waals surface area contributed by atoms with Crippen molar-refractivity contribution in [2.45, 2.75) is 0 Å². The number of halogens is 3. The molecule has 1 saturated heterocycles. The number of rotatable bonds is 3. The Morgan fingerprint density at radius 3 is 2.46 bits per heavy atom. The number of carbonyl (C=O) groups is 1. The second-order valence-electron chi connectivity index (χ2n) is 5.34. The van der Waals surface area contributed by atoms with Gasteiger partial charge in [0, 0.05) is 26.7 Å². The molecule has 0 aromatic heterocycles. The fourth-order valence-corrected chi connectivity index (χ4v) is 3.84. The number of ether oxygens (including phenoxy) is 1. The average Bonchev–Trinajstić information content (AvgIpc) is 2.55. The Balaban J connectivity index is 1.88. The van der Waals surface area contributed by atoms with E-state index in [1.165, 1.54) is 0 Å². The highest BCUT2D eigenvalue weighted by molar-refractivity contribution is 14.1. The second-order valence-corrected chi connectivity index (χ2v) is 7.37. The number of morpholine rings is 1. The molecular formula is C17H15Cl2IN2O2. The molecule has 0 atom stereocenters. The summed E-state index contributed by atoms with van der Waals surface area (Å²) in [6.07, 6.45) is 0. The minimum absolute atomic E-state index is 0.187. The van der Waals surface area contributed by atoms with Gasteiger partial charge in [-0.3, -0.25) is 4.79 Å². The number of carbonyl (C=O) groups excluding carboxylic acids is 1. The van der Waals surface area contributed by atoms with Crippen LogP contribution in [0.2, 0.25) is 10.0 Å². The van der Waals surface area contributed by atoms with Crippen molar-refractivity contribution in [3.05, 3.63) is 55.6 Å². The van der Waals surface area contributed by atoms with Crippen molar-refractivity contribution in [3.8, 4) is 0 Å². The summed E-state index contributed by atoms with van der Waals surface area (Å²) in [5, 5.41) is 4.15. The molecule has 4 nitrogen and oxygen atoms in total. The molecule has 126 valence electrons. The molecule has 0 spiro atoms. The molecule has 1 aliphatic heterocycles. The normalized spacial score (nSPS) is 14.5. The zero-order chi connectivity index (χ0) is 17.1. The molecule has 0 bridgehead atoms. The first-order chi connectivity index (χ1) is 11.5. The van der Waals surface area contributed by atoms with Crippen molar-refractivity contribution >= 4 is 63.1 Å². The molecule has 0 unspecified atom stereocenters. The molecular weight excluding hydrogens is 462 g/mol. The van der Waals surface area contributed by atoms with E-state index < -0.39 is 0 Å². The van der Waals surface area contributed by atoms with Crippen LogP contribution in [0.15, 0.2) is 36.4 Å². The third kappa shape index (κ3) is 4.14. The van der Waals surface area contributed by atoms with E-state index in [0.29, 0.717) is 34.5 Å². The fourth-order valence-electron chi connectivity index (χ4n) is 2.55. The first kappa shape index (κ1) is 17.8. The van der Waals surface area contributed by atoms with E-state index in [0.717, 1.165) is 22.3 Å². The predicted octanol–water partition coefficient (Wildman–Crippen LogP) is 4.69. The highest BCUT2D eigenvalue weighted by Gasteiger charge is 2.18. The highest BCUT2D eigenvalue weighted by atomic mass is 127. The van der Waals surface area contributed by atoms with Crippen molar-refractivity contribution in [2.75, 3.05) is 36.5 Å². The van der Waals surface area contributed by atoms with E-state index in [1.807, 2.05) is 12.1 Å². The smallest absolute Gasteiger partial charge is 0.256 e. The molecule has 7 heteroatoms. The van der Waals surface area contributed by atoms with Gasteiger partial charge in [-0.15, -0.1) is 0 Å². The first-order valence-corrected chi connectivity index (χ1v) is 9.27. The van der Waals surface area contributed by atoms with Crippen LogP contribution < -0.4 is 10.2 Å². The van der Waals surface area contributed by atoms with Crippen LogP contribution in [0.4, 0.5) is 11.4 Å². The van der Waals surface area contributed by atoms with Crippen molar-refractivity contribution < 1.29 is 9.53 Å². The Bertz CT molecular complexity index is 764. The molecule has 0 radical (unpaired) electrons. The van der Waals surface area contributed by atoms with Crippen molar-refractivity contribution in [1.82, 2.24) is 0 Å². The molecule has 3 rings (SSSR count). The van der Waals surface area contributed by atoms with E-state index in [1.54, 1.807) is 24.3 Å². The van der Waals surface area contributed by atoms with Gasteiger partial charge < -0.3 is 15.0 Å². The van der Waals surface area contributed by atoms with Crippen LogP contribution in [0.25, 0.3) is 0 Å². The SMILES string of the molecule is O=C(Nc1cc(Cl)ccc1N1CCOCC1)c1ccc(Cl)cc1I. The summed E-state index contributed by atoms with van der Waals surface area (Å²) in [5.74, 6) is -0.187. The lowest BCUT2D eigenvalue weighted by Crippen LogP contribution is -2.36. The Morgan fingerprint density at radius 1 is 1.08 bits per heavy atom. The Labute approximate surface area is 164 Å². The third-order valence-corrected chi connectivity index (χ3v) is 5.10. The number of nitrogens with zero attached hydrogens (tertiary/aromatic N) is 1. The van der Waals surface area contributed by atoms with E-state index in [9.17, 15) is 4.79 Å². The minimum atomic E-state index is -0.187. The standard InChI is InChI=1S/C17H15Cl2IN2O2/c18-11-1-3-13(14(20)9-11)17(23)21-15-10-12(19)2-4-16(15)22-5-7-24-8-6-22/h1-4,9-10H,5-8H2,(H,21,23). The third-order valence-electron chi connectivity index (χ3n) is 3.73. The monoisotopic (exact) mass is 476 g/mol. The van der Waals surface area contributed by atoms with Crippen molar-refractivity contribution in [3.63, 3.8) is 0 Å². The largest absolute Gasteiger partial charge is 0.378 e. The number of anilines is 2. The van der Waals surface area contributed by atoms with Crippen LogP contribution in [0, 0.1) is 3.57 Å². The van der Waals surface area contributed by atoms with Crippen molar-refractivity contribution in [2.24, 2.45) is 0 Å². The number of nitrogens with one attached hydrogen (secondary N) is 1. The highest BCUT2D eigenvalue weighted by Crippen LogP contribution is 2.30. The van der Waals surface area contributed by atoms with Crippen LogP contribution in [0.5, 0.6) is 0 Å². The van der Waals surface area contributed by atoms with Gasteiger partial charge in [-0.1, -0.05) is 23.2 Å². The first-order valence-electron chi connectivity index (χ1n) is 7.43. The lowest BCUT2D eigenvalue weighted by molar-refractivity contribution is 0.102. The van der Waals surface area contributed by atoms with Crippen molar-refractivity contribution in [1.29, 1.82) is 0 Å². The molecule has 1 aliphatic rings. The van der Waals surface area contributed by atoms with Crippen LogP contribution in [0.1, 0.15) is 10.4 Å². The zero-order valence-corrected chi connectivity index (χ0v) is 16.4. The lowest BCUT2D eigenvalue weighted by atomic mass is 10.2. The van der Waals surface area contributed by atoms with E-state index in [-0.39, 0.29) is 5.91 Å². The van der Waals surface area contributed by atoms with Gasteiger partial charge in [0.2, 0.25) is 0 Å². The summed E-state index contributed by atoms with van der Waals surface area (Å²) in [6, 6.07) is 10.7. The van der Waals surface area contributed by atoms with Gasteiger partial charge in [0.15, 0.2) is 0 Å². The Kier molecular flexibility index (Phi) is 5.86. The summed E-state index contributed by atoms with van der Waals surface area (Å²) in [5.41, 5.74) is 2.22. The number of amides is 1. The summed E-state index contributed by atoms with van der Waals surface area (Å²) in [6.45, 7) is 2.90. The second kappa shape index (κ2) is 7.91. The molecule has 0 aliphatic carbocycles. The van der Waals surface area contributed by atoms with Crippen LogP contribution in [-0.4, -0.2) is 32.2 Å². The quantitative estimate of drug-likeness (QED) is 0.653. The summed E-state index contributed by atoms with van der Waals surface area (Å²) < 4.78 is 6.19. The summed E-state index contributed by atoms with van der Waals surface area (Å²) in [4.78, 5) is 14.8. The molecule has 1 N–H and O–H groups in total. The summed E-state index contributed by atoms with van der Waals surface area (Å²) in [7, 11) is 0. The molecule has 1 amide bonds. The van der Waals surface area contributed by atoms with Gasteiger partial charge in [0.25, 0.3) is 5.91 Å². The fraction of sp³-hybridized carbons (Fsp3) is 0.235. The maximum atomic E-state index is 12.6. The number of benzene rings is 2. The maximum Gasteiger partial charge on any atom is 0.256 e. The maximum absolute atomic E-state index is 12.6.